The summed E-state index contributed by atoms with van der Waals surface area (Å²) in [5.74, 6) is 1.31. The molecule has 1 N–H and O–H groups in total. The number of rotatable bonds is 8. The highest BCUT2D eigenvalue weighted by molar-refractivity contribution is 5.53. The van der Waals surface area contributed by atoms with Crippen molar-refractivity contribution in [2.75, 3.05) is 13.1 Å². The standard InChI is InChI=1S/C17H25N3O2/c1-13(2)20(12-14(3)21)11-7-10-16-18-17(19-22-16)15-8-5-4-6-9-15/h4-6,8-9,13-14,21H,7,10-12H2,1-3H3. The highest BCUT2D eigenvalue weighted by atomic mass is 16.5. The molecule has 1 unspecified atom stereocenters. The van der Waals surface area contributed by atoms with Gasteiger partial charge < -0.3 is 9.63 Å². The Balaban J connectivity index is 1.86. The predicted octanol–water partition coefficient (Wildman–Crippen LogP) is 2.76. The Morgan fingerprint density at radius 1 is 1.18 bits per heavy atom. The predicted molar refractivity (Wildman–Crippen MR) is 86.4 cm³/mol. The lowest BCUT2D eigenvalue weighted by molar-refractivity contribution is 0.106. The molecule has 1 atom stereocenters. The Bertz CT molecular complexity index is 552. The topological polar surface area (TPSA) is 62.4 Å². The van der Waals surface area contributed by atoms with Gasteiger partial charge in [-0.2, -0.15) is 4.98 Å². The second kappa shape index (κ2) is 8.06. The van der Waals surface area contributed by atoms with Gasteiger partial charge >= 0.3 is 0 Å². The van der Waals surface area contributed by atoms with Crippen molar-refractivity contribution in [1.82, 2.24) is 15.0 Å². The van der Waals surface area contributed by atoms with Crippen LogP contribution in [0.25, 0.3) is 11.4 Å². The van der Waals surface area contributed by atoms with Gasteiger partial charge in [-0.25, -0.2) is 0 Å². The van der Waals surface area contributed by atoms with Crippen molar-refractivity contribution >= 4 is 0 Å². The minimum atomic E-state index is -0.310. The first-order chi connectivity index (χ1) is 10.6. The molecule has 1 aromatic carbocycles. The highest BCUT2D eigenvalue weighted by Crippen LogP contribution is 2.15. The molecule has 0 aliphatic rings. The van der Waals surface area contributed by atoms with Crippen LogP contribution in [0, 0.1) is 0 Å². The van der Waals surface area contributed by atoms with E-state index in [0.29, 0.717) is 24.3 Å². The molecule has 5 heteroatoms. The summed E-state index contributed by atoms with van der Waals surface area (Å²) >= 11 is 0. The summed E-state index contributed by atoms with van der Waals surface area (Å²) in [4.78, 5) is 6.70. The Hall–Kier alpha value is -1.72. The van der Waals surface area contributed by atoms with Crippen LogP contribution in [-0.4, -0.2) is 45.4 Å². The Kier molecular flexibility index (Phi) is 6.10. The van der Waals surface area contributed by atoms with E-state index in [4.69, 9.17) is 4.52 Å². The van der Waals surface area contributed by atoms with Crippen molar-refractivity contribution < 1.29 is 9.63 Å². The maximum absolute atomic E-state index is 9.53. The molecule has 0 saturated heterocycles. The molecule has 0 amide bonds. The lowest BCUT2D eigenvalue weighted by Gasteiger charge is -2.27. The average Bonchev–Trinajstić information content (AvgIpc) is 2.95. The molecule has 120 valence electrons. The van der Waals surface area contributed by atoms with Crippen LogP contribution in [0.4, 0.5) is 0 Å². The van der Waals surface area contributed by atoms with Gasteiger partial charge in [0.05, 0.1) is 6.10 Å². The smallest absolute Gasteiger partial charge is 0.227 e. The van der Waals surface area contributed by atoms with Crippen LogP contribution in [0.1, 0.15) is 33.1 Å². The van der Waals surface area contributed by atoms with Gasteiger partial charge in [0.1, 0.15) is 0 Å². The maximum atomic E-state index is 9.53. The van der Waals surface area contributed by atoms with E-state index in [1.807, 2.05) is 37.3 Å². The first-order valence-electron chi connectivity index (χ1n) is 7.86. The van der Waals surface area contributed by atoms with Gasteiger partial charge in [-0.3, -0.25) is 4.90 Å². The maximum Gasteiger partial charge on any atom is 0.227 e. The number of aliphatic hydroxyl groups is 1. The molecule has 22 heavy (non-hydrogen) atoms. The van der Waals surface area contributed by atoms with E-state index in [1.165, 1.54) is 0 Å². The zero-order valence-corrected chi connectivity index (χ0v) is 13.6. The quantitative estimate of drug-likeness (QED) is 0.812. The minimum Gasteiger partial charge on any atom is -0.392 e. The molecule has 0 bridgehead atoms. The van der Waals surface area contributed by atoms with Crippen molar-refractivity contribution in [3.63, 3.8) is 0 Å². The number of aromatic nitrogens is 2. The first kappa shape index (κ1) is 16.6. The molecular formula is C17H25N3O2. The van der Waals surface area contributed by atoms with E-state index in [2.05, 4.69) is 28.9 Å². The van der Waals surface area contributed by atoms with Gasteiger partial charge in [-0.1, -0.05) is 35.5 Å². The van der Waals surface area contributed by atoms with E-state index >= 15 is 0 Å². The monoisotopic (exact) mass is 303 g/mol. The van der Waals surface area contributed by atoms with Crippen LogP contribution in [0.3, 0.4) is 0 Å². The number of hydrogen-bond acceptors (Lipinski definition) is 5. The summed E-state index contributed by atoms with van der Waals surface area (Å²) in [7, 11) is 0. The fraction of sp³-hybridized carbons (Fsp3) is 0.529. The molecule has 2 rings (SSSR count). The van der Waals surface area contributed by atoms with Gasteiger partial charge in [-0.15, -0.1) is 0 Å². The SMILES string of the molecule is CC(O)CN(CCCc1nc(-c2ccccc2)no1)C(C)C. The molecule has 0 aliphatic carbocycles. The third-order valence-electron chi connectivity index (χ3n) is 3.57. The van der Waals surface area contributed by atoms with Crippen LogP contribution in [0.5, 0.6) is 0 Å². The number of aryl methyl sites for hydroxylation is 1. The molecule has 1 aromatic heterocycles. The van der Waals surface area contributed by atoms with Crippen molar-refractivity contribution in [2.45, 2.75) is 45.8 Å². The molecule has 0 aliphatic heterocycles. The highest BCUT2D eigenvalue weighted by Gasteiger charge is 2.13. The summed E-state index contributed by atoms with van der Waals surface area (Å²) in [6, 6.07) is 10.2. The normalized spacial score (nSPS) is 13.0. The molecule has 0 fully saturated rings. The number of nitrogens with zero attached hydrogens (tertiary/aromatic N) is 3. The van der Waals surface area contributed by atoms with Crippen molar-refractivity contribution in [3.05, 3.63) is 36.2 Å². The second-order valence-corrected chi connectivity index (χ2v) is 5.92. The van der Waals surface area contributed by atoms with Crippen LogP contribution in [0.2, 0.25) is 0 Å². The number of aliphatic hydroxyl groups excluding tert-OH is 1. The van der Waals surface area contributed by atoms with Crippen molar-refractivity contribution in [2.24, 2.45) is 0 Å². The molecule has 2 aromatic rings. The van der Waals surface area contributed by atoms with E-state index < -0.39 is 0 Å². The molecule has 5 nitrogen and oxygen atoms in total. The van der Waals surface area contributed by atoms with Crippen LogP contribution >= 0.6 is 0 Å². The van der Waals surface area contributed by atoms with Gasteiger partial charge in [0.25, 0.3) is 0 Å². The fourth-order valence-electron chi connectivity index (χ4n) is 2.39. The molecule has 0 saturated carbocycles. The van der Waals surface area contributed by atoms with Crippen molar-refractivity contribution in [1.29, 1.82) is 0 Å². The van der Waals surface area contributed by atoms with Crippen LogP contribution in [0.15, 0.2) is 34.9 Å². The zero-order valence-electron chi connectivity index (χ0n) is 13.6. The lowest BCUT2D eigenvalue weighted by Crippen LogP contribution is -2.37. The van der Waals surface area contributed by atoms with E-state index in [1.54, 1.807) is 0 Å². The summed E-state index contributed by atoms with van der Waals surface area (Å²) in [5, 5.41) is 13.6. The largest absolute Gasteiger partial charge is 0.392 e. The van der Waals surface area contributed by atoms with Crippen molar-refractivity contribution in [3.8, 4) is 11.4 Å². The zero-order chi connectivity index (χ0) is 15.9. The summed E-state index contributed by atoms with van der Waals surface area (Å²) in [5.41, 5.74) is 0.968. The molecule has 1 heterocycles. The van der Waals surface area contributed by atoms with Gasteiger partial charge in [0, 0.05) is 24.6 Å². The van der Waals surface area contributed by atoms with Crippen LogP contribution in [-0.2, 0) is 6.42 Å². The second-order valence-electron chi connectivity index (χ2n) is 5.92. The molecular weight excluding hydrogens is 278 g/mol. The van der Waals surface area contributed by atoms with E-state index in [9.17, 15) is 5.11 Å². The summed E-state index contributed by atoms with van der Waals surface area (Å²) in [6.45, 7) is 7.70. The van der Waals surface area contributed by atoms with Gasteiger partial charge in [0.15, 0.2) is 0 Å². The average molecular weight is 303 g/mol. The molecule has 0 spiro atoms. The summed E-state index contributed by atoms with van der Waals surface area (Å²) < 4.78 is 5.31. The van der Waals surface area contributed by atoms with Gasteiger partial charge in [-0.05, 0) is 33.7 Å². The first-order valence-corrected chi connectivity index (χ1v) is 7.86. The number of benzene rings is 1. The Labute approximate surface area is 132 Å². The minimum absolute atomic E-state index is 0.310. The number of hydrogen-bond donors (Lipinski definition) is 1. The third-order valence-corrected chi connectivity index (χ3v) is 3.57. The lowest BCUT2D eigenvalue weighted by atomic mass is 10.2. The molecule has 0 radical (unpaired) electrons. The van der Waals surface area contributed by atoms with E-state index in [-0.39, 0.29) is 6.10 Å². The summed E-state index contributed by atoms with van der Waals surface area (Å²) in [6.07, 6.45) is 1.37. The Morgan fingerprint density at radius 3 is 2.55 bits per heavy atom. The van der Waals surface area contributed by atoms with Crippen LogP contribution < -0.4 is 0 Å². The third kappa shape index (κ3) is 4.93. The fourth-order valence-corrected chi connectivity index (χ4v) is 2.39. The Morgan fingerprint density at radius 2 is 1.91 bits per heavy atom. The van der Waals surface area contributed by atoms with Gasteiger partial charge in [0.2, 0.25) is 11.7 Å². The van der Waals surface area contributed by atoms with E-state index in [0.717, 1.165) is 24.9 Å².